The Hall–Kier alpha value is -2.00. The van der Waals surface area contributed by atoms with Crippen molar-refractivity contribution in [1.82, 2.24) is 31.0 Å². The van der Waals surface area contributed by atoms with E-state index in [1.54, 1.807) is 0 Å². The van der Waals surface area contributed by atoms with Crippen molar-refractivity contribution in [2.75, 3.05) is 26.2 Å². The molecule has 2 aromatic rings. The predicted octanol–water partition coefficient (Wildman–Crippen LogP) is 2.67. The summed E-state index contributed by atoms with van der Waals surface area (Å²) in [6.45, 7) is 6.80. The van der Waals surface area contributed by atoms with Crippen molar-refractivity contribution in [3.63, 3.8) is 0 Å². The average Bonchev–Trinajstić information content (AvgIpc) is 3.40. The zero-order valence-corrected chi connectivity index (χ0v) is 18.9. The number of hydrogen-bond donors (Lipinski definition) is 3. The molecule has 0 aliphatic carbocycles. The van der Waals surface area contributed by atoms with E-state index in [0.29, 0.717) is 12.0 Å². The molecule has 7 nitrogen and oxygen atoms in total. The first-order valence-corrected chi connectivity index (χ1v) is 12.3. The number of pyridine rings is 1. The summed E-state index contributed by atoms with van der Waals surface area (Å²) in [6.07, 6.45) is 6.85. The molecule has 0 radical (unpaired) electrons. The molecule has 8 heteroatoms. The Morgan fingerprint density at radius 1 is 1.19 bits per heavy atom. The Kier molecular flexibility index (Phi) is 6.22. The van der Waals surface area contributed by atoms with Crippen LogP contribution in [0.5, 0.6) is 0 Å². The van der Waals surface area contributed by atoms with Crippen LogP contribution in [-0.4, -0.2) is 59.1 Å². The van der Waals surface area contributed by atoms with Gasteiger partial charge in [0.1, 0.15) is 0 Å². The van der Waals surface area contributed by atoms with Crippen LogP contribution in [0.15, 0.2) is 36.0 Å². The van der Waals surface area contributed by atoms with Crippen molar-refractivity contribution in [1.29, 1.82) is 0 Å². The molecule has 0 saturated carbocycles. The predicted molar refractivity (Wildman–Crippen MR) is 123 cm³/mol. The first-order valence-electron chi connectivity index (χ1n) is 11.4. The van der Waals surface area contributed by atoms with Gasteiger partial charge in [-0.2, -0.15) is 0 Å². The van der Waals surface area contributed by atoms with Gasteiger partial charge in [-0.05, 0) is 67.4 Å². The third kappa shape index (κ3) is 4.62. The maximum atomic E-state index is 13.1. The van der Waals surface area contributed by atoms with E-state index in [-0.39, 0.29) is 18.1 Å². The minimum atomic E-state index is 0.0954. The molecule has 3 fully saturated rings. The number of nitrogens with one attached hydrogen (secondary N) is 3. The number of amides is 2. The molecule has 0 spiro atoms. The summed E-state index contributed by atoms with van der Waals surface area (Å²) in [7, 11) is 0. The maximum Gasteiger partial charge on any atom is 0.317 e. The maximum absolute atomic E-state index is 13.1. The molecular formula is C23H32N6OS. The minimum Gasteiger partial charge on any atom is -0.334 e. The molecule has 2 aromatic heterocycles. The highest BCUT2D eigenvalue weighted by Crippen LogP contribution is 2.33. The topological polar surface area (TPSA) is 72.5 Å². The molecule has 4 atom stereocenters. The number of piperidine rings is 2. The largest absolute Gasteiger partial charge is 0.334 e. The fourth-order valence-corrected chi connectivity index (χ4v) is 6.19. The number of rotatable bonds is 4. The van der Waals surface area contributed by atoms with Crippen LogP contribution in [0.4, 0.5) is 4.79 Å². The van der Waals surface area contributed by atoms with Crippen molar-refractivity contribution in [2.45, 2.75) is 50.9 Å². The number of nitrogens with zero attached hydrogens (tertiary/aromatic N) is 3. The van der Waals surface area contributed by atoms with Gasteiger partial charge in [-0.1, -0.05) is 0 Å². The molecular weight excluding hydrogens is 408 g/mol. The van der Waals surface area contributed by atoms with Crippen LogP contribution in [-0.2, 0) is 6.54 Å². The van der Waals surface area contributed by atoms with Gasteiger partial charge in [0.2, 0.25) is 0 Å². The van der Waals surface area contributed by atoms with E-state index in [4.69, 9.17) is 0 Å². The highest BCUT2D eigenvalue weighted by atomic mass is 32.1. The zero-order valence-electron chi connectivity index (χ0n) is 18.1. The molecule has 0 aromatic carbocycles. The molecule has 166 valence electrons. The Morgan fingerprint density at radius 2 is 2.06 bits per heavy atom. The summed E-state index contributed by atoms with van der Waals surface area (Å²) < 4.78 is 0. The van der Waals surface area contributed by atoms with Gasteiger partial charge < -0.3 is 10.2 Å². The van der Waals surface area contributed by atoms with E-state index in [2.05, 4.69) is 56.6 Å². The van der Waals surface area contributed by atoms with Crippen LogP contribution in [0.3, 0.4) is 0 Å². The normalized spacial score (nSPS) is 29.0. The number of hydrazine groups is 1. The van der Waals surface area contributed by atoms with Gasteiger partial charge in [-0.3, -0.25) is 15.3 Å². The summed E-state index contributed by atoms with van der Waals surface area (Å²) in [5.74, 6) is 0.367. The van der Waals surface area contributed by atoms with E-state index >= 15 is 0 Å². The van der Waals surface area contributed by atoms with E-state index in [1.165, 1.54) is 16.0 Å². The number of thiophene rings is 1. The van der Waals surface area contributed by atoms with Crippen LogP contribution >= 0.6 is 11.3 Å². The van der Waals surface area contributed by atoms with Crippen LogP contribution in [0.25, 0.3) is 0 Å². The first-order chi connectivity index (χ1) is 15.2. The zero-order chi connectivity index (χ0) is 21.2. The molecule has 3 aliphatic heterocycles. The second-order valence-corrected chi connectivity index (χ2v) is 10.1. The van der Waals surface area contributed by atoms with Gasteiger partial charge in [0.05, 0.1) is 6.04 Å². The van der Waals surface area contributed by atoms with Gasteiger partial charge >= 0.3 is 6.03 Å². The van der Waals surface area contributed by atoms with Gasteiger partial charge in [-0.25, -0.2) is 10.2 Å². The number of aromatic nitrogens is 1. The highest BCUT2D eigenvalue weighted by Gasteiger charge is 2.41. The van der Waals surface area contributed by atoms with Crippen molar-refractivity contribution < 1.29 is 4.79 Å². The van der Waals surface area contributed by atoms with Gasteiger partial charge in [-0.15, -0.1) is 11.3 Å². The molecule has 0 bridgehead atoms. The fraction of sp³-hybridized carbons (Fsp3) is 0.565. The summed E-state index contributed by atoms with van der Waals surface area (Å²) in [5.41, 5.74) is 9.49. The van der Waals surface area contributed by atoms with Gasteiger partial charge in [0.15, 0.2) is 0 Å². The Balaban J connectivity index is 1.17. The monoisotopic (exact) mass is 440 g/mol. The second-order valence-electron chi connectivity index (χ2n) is 9.10. The lowest BCUT2D eigenvalue weighted by atomic mass is 9.85. The highest BCUT2D eigenvalue weighted by molar-refractivity contribution is 7.10. The van der Waals surface area contributed by atoms with Crippen molar-refractivity contribution in [3.05, 3.63) is 52.0 Å². The number of carbonyl (C=O) groups excluding carboxylic acids is 1. The second kappa shape index (κ2) is 9.24. The number of likely N-dealkylation sites (tertiary alicyclic amines) is 2. The Bertz CT molecular complexity index is 889. The summed E-state index contributed by atoms with van der Waals surface area (Å²) >= 11 is 1.84. The van der Waals surface area contributed by atoms with Crippen molar-refractivity contribution >= 4 is 17.4 Å². The first kappa shape index (κ1) is 20.9. The summed E-state index contributed by atoms with van der Waals surface area (Å²) in [5, 5.41) is 5.52. The number of urea groups is 1. The molecule has 3 unspecified atom stereocenters. The van der Waals surface area contributed by atoms with Crippen LogP contribution in [0.2, 0.25) is 0 Å². The lowest BCUT2D eigenvalue weighted by Crippen LogP contribution is -2.55. The number of carbonyl (C=O) groups is 1. The Labute approximate surface area is 188 Å². The Morgan fingerprint density at radius 3 is 2.87 bits per heavy atom. The minimum absolute atomic E-state index is 0.0954. The third-order valence-electron chi connectivity index (χ3n) is 7.03. The van der Waals surface area contributed by atoms with Crippen LogP contribution < -0.4 is 16.2 Å². The number of fused-ring (bicyclic) bond motifs is 1. The van der Waals surface area contributed by atoms with Gasteiger partial charge in [0, 0.05) is 61.5 Å². The smallest absolute Gasteiger partial charge is 0.317 e. The average molecular weight is 441 g/mol. The quantitative estimate of drug-likeness (QED) is 0.682. The van der Waals surface area contributed by atoms with Gasteiger partial charge in [0.25, 0.3) is 0 Å². The summed E-state index contributed by atoms with van der Waals surface area (Å²) in [6, 6.07) is 7.26. The van der Waals surface area contributed by atoms with Crippen LogP contribution in [0.1, 0.15) is 41.3 Å². The lowest BCUT2D eigenvalue weighted by molar-refractivity contribution is 0.139. The SMILES string of the molecule is Cc1ccsc1CN1CCC[C@@H](NC(=O)N2CCC3NNC(c4ccncc4)C3C2)C1. The standard InChI is InChI=1S/C23H32N6OS/c1-16-7-12-31-21(16)15-28-10-2-3-18(13-28)25-23(30)29-11-6-20-19(14-29)22(27-26-20)17-4-8-24-9-5-17/h4-5,7-9,12,18-20,22,26-27H,2-3,6,10-11,13-15H2,1H3,(H,25,30)/t18-,19?,20?,22?/m1/s1. The number of aryl methyl sites for hydroxylation is 1. The fourth-order valence-electron chi connectivity index (χ4n) is 5.24. The summed E-state index contributed by atoms with van der Waals surface area (Å²) in [4.78, 5) is 23.2. The van der Waals surface area contributed by atoms with E-state index < -0.39 is 0 Å². The third-order valence-corrected chi connectivity index (χ3v) is 8.04. The van der Waals surface area contributed by atoms with Crippen LogP contribution in [0, 0.1) is 12.8 Å². The van der Waals surface area contributed by atoms with Crippen molar-refractivity contribution in [2.24, 2.45) is 5.92 Å². The molecule has 2 amide bonds. The molecule has 31 heavy (non-hydrogen) atoms. The lowest BCUT2D eigenvalue weighted by Gasteiger charge is -2.38. The molecule has 5 heterocycles. The molecule has 3 saturated heterocycles. The van der Waals surface area contributed by atoms with E-state index in [1.807, 2.05) is 28.6 Å². The molecule has 3 aliphatic rings. The number of hydrogen-bond acceptors (Lipinski definition) is 6. The molecule has 3 N–H and O–H groups in total. The molecule has 5 rings (SSSR count). The van der Waals surface area contributed by atoms with E-state index in [0.717, 1.165) is 52.0 Å². The van der Waals surface area contributed by atoms with E-state index in [9.17, 15) is 4.79 Å². The van der Waals surface area contributed by atoms with Crippen molar-refractivity contribution in [3.8, 4) is 0 Å².